The molecule has 0 aliphatic heterocycles. The first-order chi connectivity index (χ1) is 8.11. The Hall–Kier alpha value is -1.38. The van der Waals surface area contributed by atoms with Crippen molar-refractivity contribution in [2.24, 2.45) is 0 Å². The topological polar surface area (TPSA) is 45.8 Å². The largest absolute Gasteiger partial charge is 0.310 e. The van der Waals surface area contributed by atoms with E-state index in [-0.39, 0.29) is 11.1 Å². The molecular weight excluding hydrogens is 300 g/mol. The zero-order chi connectivity index (χ0) is 12.4. The number of aromatic nitrogens is 1. The fraction of sp³-hybridized carbons (Fsp3) is 0.167. The first kappa shape index (κ1) is 12.1. The quantitative estimate of drug-likeness (QED) is 0.856. The highest BCUT2D eigenvalue weighted by atomic mass is 79.9. The molecular formula is C12H9BrN2OS. The number of rotatable bonds is 2. The molecule has 5 heteroatoms. The second kappa shape index (κ2) is 4.86. The number of nitriles is 1. The van der Waals surface area contributed by atoms with Crippen LogP contribution in [0.2, 0.25) is 0 Å². The van der Waals surface area contributed by atoms with Gasteiger partial charge in [0, 0.05) is 6.20 Å². The van der Waals surface area contributed by atoms with Gasteiger partial charge in [0.15, 0.2) is 0 Å². The summed E-state index contributed by atoms with van der Waals surface area (Å²) in [4.78, 5) is 12.0. The molecule has 0 bridgehead atoms. The van der Waals surface area contributed by atoms with Crippen LogP contribution in [0.25, 0.3) is 0 Å². The maximum absolute atomic E-state index is 12.0. The molecule has 0 unspecified atom stereocenters. The minimum atomic E-state index is -0.227. The molecule has 0 N–H and O–H groups in total. The van der Waals surface area contributed by atoms with Gasteiger partial charge < -0.3 is 4.57 Å². The SMILES string of the molecule is Cc1ccn(Cc2csc(Br)c2)c(=O)c1C#N. The van der Waals surface area contributed by atoms with E-state index in [1.165, 1.54) is 0 Å². The average molecular weight is 309 g/mol. The van der Waals surface area contributed by atoms with Crippen LogP contribution >= 0.6 is 27.3 Å². The number of hydrogen-bond acceptors (Lipinski definition) is 3. The fourth-order valence-electron chi connectivity index (χ4n) is 1.55. The van der Waals surface area contributed by atoms with E-state index in [1.54, 1.807) is 35.1 Å². The molecule has 0 saturated carbocycles. The van der Waals surface area contributed by atoms with E-state index in [2.05, 4.69) is 15.9 Å². The van der Waals surface area contributed by atoms with E-state index in [1.807, 2.05) is 17.5 Å². The van der Waals surface area contributed by atoms with Gasteiger partial charge in [-0.05, 0) is 51.5 Å². The number of aryl methyl sites for hydroxylation is 1. The van der Waals surface area contributed by atoms with Crippen LogP contribution in [0.3, 0.4) is 0 Å². The summed E-state index contributed by atoms with van der Waals surface area (Å²) in [6.07, 6.45) is 1.73. The van der Waals surface area contributed by atoms with Crippen molar-refractivity contribution in [2.45, 2.75) is 13.5 Å². The third kappa shape index (κ3) is 2.48. The Morgan fingerprint density at radius 1 is 1.59 bits per heavy atom. The highest BCUT2D eigenvalue weighted by Gasteiger charge is 2.07. The molecule has 3 nitrogen and oxygen atoms in total. The van der Waals surface area contributed by atoms with E-state index < -0.39 is 0 Å². The normalized spacial score (nSPS) is 10.2. The van der Waals surface area contributed by atoms with Crippen LogP contribution in [0, 0.1) is 18.3 Å². The Morgan fingerprint density at radius 3 is 2.94 bits per heavy atom. The Balaban J connectivity index is 2.41. The van der Waals surface area contributed by atoms with Gasteiger partial charge in [0.25, 0.3) is 5.56 Å². The van der Waals surface area contributed by atoms with Crippen LogP contribution < -0.4 is 5.56 Å². The van der Waals surface area contributed by atoms with Crippen molar-refractivity contribution in [2.75, 3.05) is 0 Å². The standard InChI is InChI=1S/C12H9BrN2OS/c1-8-2-3-15(12(16)10(8)5-14)6-9-4-11(13)17-7-9/h2-4,7H,6H2,1H3. The second-order valence-electron chi connectivity index (χ2n) is 3.68. The minimum absolute atomic E-state index is 0.224. The predicted octanol–water partition coefficient (Wildman–Crippen LogP) is 2.90. The molecule has 0 spiro atoms. The van der Waals surface area contributed by atoms with E-state index in [0.717, 1.165) is 14.9 Å². The first-order valence-electron chi connectivity index (χ1n) is 4.95. The average Bonchev–Trinajstić information content (AvgIpc) is 2.69. The van der Waals surface area contributed by atoms with Gasteiger partial charge in [-0.1, -0.05) is 0 Å². The van der Waals surface area contributed by atoms with Gasteiger partial charge in [0.05, 0.1) is 10.3 Å². The van der Waals surface area contributed by atoms with Crippen molar-refractivity contribution in [1.82, 2.24) is 4.57 Å². The Labute approximate surface area is 111 Å². The molecule has 0 saturated heterocycles. The van der Waals surface area contributed by atoms with Gasteiger partial charge in [0.1, 0.15) is 11.6 Å². The smallest absolute Gasteiger partial charge is 0.269 e. The van der Waals surface area contributed by atoms with Crippen LogP contribution in [0.4, 0.5) is 0 Å². The Bertz CT molecular complexity index is 651. The predicted molar refractivity (Wildman–Crippen MR) is 71.3 cm³/mol. The lowest BCUT2D eigenvalue weighted by Gasteiger charge is -2.05. The van der Waals surface area contributed by atoms with E-state index in [0.29, 0.717) is 6.54 Å². The van der Waals surface area contributed by atoms with Gasteiger partial charge in [-0.15, -0.1) is 11.3 Å². The van der Waals surface area contributed by atoms with Crippen LogP contribution in [-0.2, 0) is 6.54 Å². The minimum Gasteiger partial charge on any atom is -0.310 e. The molecule has 0 amide bonds. The van der Waals surface area contributed by atoms with Crippen LogP contribution in [0.15, 0.2) is 32.3 Å². The first-order valence-corrected chi connectivity index (χ1v) is 6.62. The van der Waals surface area contributed by atoms with Crippen molar-refractivity contribution in [3.63, 3.8) is 0 Å². The number of pyridine rings is 1. The molecule has 0 aliphatic carbocycles. The zero-order valence-electron chi connectivity index (χ0n) is 9.11. The van der Waals surface area contributed by atoms with Crippen molar-refractivity contribution < 1.29 is 0 Å². The summed E-state index contributed by atoms with van der Waals surface area (Å²) in [6.45, 7) is 2.27. The third-order valence-electron chi connectivity index (χ3n) is 2.46. The molecule has 0 aromatic carbocycles. The summed E-state index contributed by atoms with van der Waals surface area (Å²) in [5.41, 5.74) is 1.77. The van der Waals surface area contributed by atoms with Crippen molar-refractivity contribution >= 4 is 27.3 Å². The molecule has 2 aromatic rings. The zero-order valence-corrected chi connectivity index (χ0v) is 11.5. The van der Waals surface area contributed by atoms with Crippen molar-refractivity contribution in [1.29, 1.82) is 5.26 Å². The summed E-state index contributed by atoms with van der Waals surface area (Å²) in [5.74, 6) is 0. The number of hydrogen-bond donors (Lipinski definition) is 0. The molecule has 0 aliphatic rings. The highest BCUT2D eigenvalue weighted by molar-refractivity contribution is 9.11. The van der Waals surface area contributed by atoms with Gasteiger partial charge in [-0.25, -0.2) is 0 Å². The Morgan fingerprint density at radius 2 is 2.35 bits per heavy atom. The summed E-state index contributed by atoms with van der Waals surface area (Å²) in [5, 5.41) is 10.9. The lowest BCUT2D eigenvalue weighted by molar-refractivity contribution is 0.756. The summed E-state index contributed by atoms with van der Waals surface area (Å²) in [6, 6.07) is 5.72. The van der Waals surface area contributed by atoms with Crippen molar-refractivity contribution in [3.8, 4) is 6.07 Å². The summed E-state index contributed by atoms with van der Waals surface area (Å²) < 4.78 is 2.59. The number of halogens is 1. The maximum Gasteiger partial charge on any atom is 0.269 e. The number of thiophene rings is 1. The maximum atomic E-state index is 12.0. The van der Waals surface area contributed by atoms with Gasteiger partial charge in [-0.2, -0.15) is 5.26 Å². The van der Waals surface area contributed by atoms with Gasteiger partial charge in [-0.3, -0.25) is 4.79 Å². The van der Waals surface area contributed by atoms with Crippen LogP contribution in [0.1, 0.15) is 16.7 Å². The monoisotopic (exact) mass is 308 g/mol. The van der Waals surface area contributed by atoms with Crippen molar-refractivity contribution in [3.05, 3.63) is 54.5 Å². The van der Waals surface area contributed by atoms with Crippen LogP contribution in [0.5, 0.6) is 0 Å². The lowest BCUT2D eigenvalue weighted by Crippen LogP contribution is -2.23. The fourth-order valence-corrected chi connectivity index (χ4v) is 2.75. The molecule has 0 fully saturated rings. The molecule has 86 valence electrons. The second-order valence-corrected chi connectivity index (χ2v) is 5.97. The molecule has 17 heavy (non-hydrogen) atoms. The number of nitrogens with zero attached hydrogens (tertiary/aromatic N) is 2. The molecule has 2 heterocycles. The Kier molecular flexibility index (Phi) is 3.46. The highest BCUT2D eigenvalue weighted by Crippen LogP contribution is 2.21. The van der Waals surface area contributed by atoms with E-state index >= 15 is 0 Å². The summed E-state index contributed by atoms with van der Waals surface area (Å²) in [7, 11) is 0. The van der Waals surface area contributed by atoms with E-state index in [9.17, 15) is 4.79 Å². The van der Waals surface area contributed by atoms with E-state index in [4.69, 9.17) is 5.26 Å². The molecule has 2 aromatic heterocycles. The molecule has 2 rings (SSSR count). The van der Waals surface area contributed by atoms with Gasteiger partial charge >= 0.3 is 0 Å². The third-order valence-corrected chi connectivity index (χ3v) is 4.01. The van der Waals surface area contributed by atoms with Crippen LogP contribution in [-0.4, -0.2) is 4.57 Å². The molecule has 0 atom stereocenters. The summed E-state index contributed by atoms with van der Waals surface area (Å²) >= 11 is 4.96. The lowest BCUT2D eigenvalue weighted by atomic mass is 10.2. The molecule has 0 radical (unpaired) electrons. The van der Waals surface area contributed by atoms with Gasteiger partial charge in [0.2, 0.25) is 0 Å².